The largest absolute Gasteiger partial charge is 0.495 e. The number of ketones is 1. The number of hydrogen-bond acceptors (Lipinski definition) is 4. The molecule has 2 N–H and O–H groups in total. The summed E-state index contributed by atoms with van der Waals surface area (Å²) in [5.74, 6) is 1.17. The molecule has 0 heterocycles. The van der Waals surface area contributed by atoms with E-state index in [1.54, 1.807) is 26.4 Å². The van der Waals surface area contributed by atoms with Crippen LogP contribution in [0.4, 0.5) is 0 Å². The zero-order valence-electron chi connectivity index (χ0n) is 11.9. The molecular formula is C15H20BrNO3. The van der Waals surface area contributed by atoms with Crippen molar-refractivity contribution in [2.75, 3.05) is 14.2 Å². The van der Waals surface area contributed by atoms with Gasteiger partial charge in [-0.25, -0.2) is 0 Å². The number of benzene rings is 1. The van der Waals surface area contributed by atoms with Crippen LogP contribution >= 0.6 is 15.9 Å². The van der Waals surface area contributed by atoms with Crippen LogP contribution in [0.1, 0.15) is 42.5 Å². The van der Waals surface area contributed by atoms with Crippen LogP contribution in [0.5, 0.6) is 11.5 Å². The quantitative estimate of drug-likeness (QED) is 0.834. The molecule has 1 fully saturated rings. The number of Topliss-reactive ketones (excluding diaryl/α,β-unsaturated/α-hetero) is 1. The van der Waals surface area contributed by atoms with Gasteiger partial charge in [0.15, 0.2) is 5.78 Å². The third kappa shape index (κ3) is 2.99. The lowest BCUT2D eigenvalue weighted by atomic mass is 9.89. The van der Waals surface area contributed by atoms with E-state index in [1.165, 1.54) is 0 Å². The van der Waals surface area contributed by atoms with Crippen LogP contribution in [0, 0.1) is 0 Å². The van der Waals surface area contributed by atoms with E-state index in [1.807, 2.05) is 0 Å². The first-order valence-corrected chi connectivity index (χ1v) is 7.52. The summed E-state index contributed by atoms with van der Waals surface area (Å²) in [6.07, 6.45) is 4.40. The monoisotopic (exact) mass is 341 g/mol. The maximum Gasteiger partial charge on any atom is 0.168 e. The van der Waals surface area contributed by atoms with Gasteiger partial charge in [0.05, 0.1) is 19.8 Å². The molecule has 0 bridgehead atoms. The van der Waals surface area contributed by atoms with Gasteiger partial charge in [-0.3, -0.25) is 4.79 Å². The van der Waals surface area contributed by atoms with Gasteiger partial charge in [0.25, 0.3) is 0 Å². The van der Waals surface area contributed by atoms with E-state index < -0.39 is 0 Å². The number of ether oxygens (including phenoxy) is 2. The van der Waals surface area contributed by atoms with Crippen LogP contribution in [0.15, 0.2) is 16.6 Å². The molecule has 0 aromatic heterocycles. The lowest BCUT2D eigenvalue weighted by Crippen LogP contribution is -2.38. The molecule has 0 unspecified atom stereocenters. The highest BCUT2D eigenvalue weighted by atomic mass is 79.9. The molecule has 0 spiro atoms. The molecule has 20 heavy (non-hydrogen) atoms. The second kappa shape index (κ2) is 6.14. The Morgan fingerprint density at radius 1 is 1.30 bits per heavy atom. The van der Waals surface area contributed by atoms with E-state index in [2.05, 4.69) is 15.9 Å². The fraction of sp³-hybridized carbons (Fsp3) is 0.533. The fourth-order valence-electron chi connectivity index (χ4n) is 2.79. The second-order valence-electron chi connectivity index (χ2n) is 5.33. The Bertz CT molecular complexity index is 510. The smallest absolute Gasteiger partial charge is 0.168 e. The standard InChI is InChI=1S/C15H20BrNO3/c1-19-12-6-5-10(14(20-2)13(12)16)11(18)9-15(17)7-3-4-8-15/h5-6H,3-4,7-9,17H2,1-2H3. The van der Waals surface area contributed by atoms with Crippen molar-refractivity contribution in [1.29, 1.82) is 0 Å². The van der Waals surface area contributed by atoms with Crippen molar-refractivity contribution in [3.63, 3.8) is 0 Å². The van der Waals surface area contributed by atoms with Gasteiger partial charge in [-0.15, -0.1) is 0 Å². The van der Waals surface area contributed by atoms with Gasteiger partial charge in [0, 0.05) is 12.0 Å². The van der Waals surface area contributed by atoms with Gasteiger partial charge in [-0.2, -0.15) is 0 Å². The van der Waals surface area contributed by atoms with Crippen molar-refractivity contribution in [3.05, 3.63) is 22.2 Å². The molecule has 0 radical (unpaired) electrons. The van der Waals surface area contributed by atoms with E-state index in [0.29, 0.717) is 28.0 Å². The first kappa shape index (κ1) is 15.3. The molecule has 5 heteroatoms. The van der Waals surface area contributed by atoms with Gasteiger partial charge in [-0.1, -0.05) is 12.8 Å². The van der Waals surface area contributed by atoms with Crippen LogP contribution in [0.3, 0.4) is 0 Å². The van der Waals surface area contributed by atoms with Crippen molar-refractivity contribution in [3.8, 4) is 11.5 Å². The molecular weight excluding hydrogens is 322 g/mol. The maximum absolute atomic E-state index is 12.5. The average molecular weight is 342 g/mol. The maximum atomic E-state index is 12.5. The van der Waals surface area contributed by atoms with Crippen molar-refractivity contribution in [1.82, 2.24) is 0 Å². The minimum absolute atomic E-state index is 0.0228. The summed E-state index contributed by atoms with van der Waals surface area (Å²) in [7, 11) is 3.12. The van der Waals surface area contributed by atoms with Gasteiger partial charge in [-0.05, 0) is 40.9 Å². The number of carbonyl (C=O) groups excluding carboxylic acids is 1. The van der Waals surface area contributed by atoms with E-state index in [9.17, 15) is 4.79 Å². The van der Waals surface area contributed by atoms with Gasteiger partial charge < -0.3 is 15.2 Å². The highest BCUT2D eigenvalue weighted by Gasteiger charge is 2.33. The number of halogens is 1. The first-order chi connectivity index (χ1) is 9.50. The summed E-state index contributed by atoms with van der Waals surface area (Å²) < 4.78 is 11.2. The van der Waals surface area contributed by atoms with Crippen molar-refractivity contribution in [2.24, 2.45) is 5.73 Å². The Morgan fingerprint density at radius 2 is 1.95 bits per heavy atom. The molecule has 1 aromatic carbocycles. The summed E-state index contributed by atoms with van der Waals surface area (Å²) in [6, 6.07) is 3.50. The molecule has 0 amide bonds. The van der Waals surface area contributed by atoms with Crippen LogP contribution in [0.2, 0.25) is 0 Å². The highest BCUT2D eigenvalue weighted by molar-refractivity contribution is 9.10. The number of nitrogens with two attached hydrogens (primary N) is 1. The first-order valence-electron chi connectivity index (χ1n) is 6.73. The zero-order chi connectivity index (χ0) is 14.8. The minimum atomic E-state index is -0.353. The molecule has 4 nitrogen and oxygen atoms in total. The normalized spacial score (nSPS) is 17.0. The van der Waals surface area contributed by atoms with Crippen molar-refractivity contribution < 1.29 is 14.3 Å². The Morgan fingerprint density at radius 3 is 2.50 bits per heavy atom. The third-order valence-electron chi connectivity index (χ3n) is 3.90. The van der Waals surface area contributed by atoms with E-state index >= 15 is 0 Å². The zero-order valence-corrected chi connectivity index (χ0v) is 13.5. The van der Waals surface area contributed by atoms with Crippen LogP contribution in [0.25, 0.3) is 0 Å². The van der Waals surface area contributed by atoms with E-state index in [4.69, 9.17) is 15.2 Å². The average Bonchev–Trinajstić information content (AvgIpc) is 2.84. The Kier molecular flexibility index (Phi) is 4.70. The predicted molar refractivity (Wildman–Crippen MR) is 81.6 cm³/mol. The molecule has 110 valence electrons. The summed E-state index contributed by atoms with van der Waals surface area (Å²) in [5.41, 5.74) is 6.48. The summed E-state index contributed by atoms with van der Waals surface area (Å²) in [4.78, 5) is 12.5. The van der Waals surface area contributed by atoms with Gasteiger partial charge in [0.1, 0.15) is 16.0 Å². The molecule has 1 aliphatic rings. The molecule has 2 rings (SSSR count). The predicted octanol–water partition coefficient (Wildman–Crippen LogP) is 3.31. The van der Waals surface area contributed by atoms with Gasteiger partial charge >= 0.3 is 0 Å². The number of methoxy groups -OCH3 is 2. The van der Waals surface area contributed by atoms with Crippen molar-refractivity contribution >= 4 is 21.7 Å². The van der Waals surface area contributed by atoms with Crippen LogP contribution < -0.4 is 15.2 Å². The summed E-state index contributed by atoms with van der Waals surface area (Å²) in [5, 5.41) is 0. The molecule has 1 saturated carbocycles. The second-order valence-corrected chi connectivity index (χ2v) is 6.13. The van der Waals surface area contributed by atoms with Crippen molar-refractivity contribution in [2.45, 2.75) is 37.6 Å². The Balaban J connectivity index is 2.27. The minimum Gasteiger partial charge on any atom is -0.495 e. The number of rotatable bonds is 5. The summed E-state index contributed by atoms with van der Waals surface area (Å²) in [6.45, 7) is 0. The molecule has 0 aliphatic heterocycles. The highest BCUT2D eigenvalue weighted by Crippen LogP contribution is 2.39. The Hall–Kier alpha value is -1.07. The van der Waals surface area contributed by atoms with Crippen LogP contribution in [-0.4, -0.2) is 25.5 Å². The Labute approximate surface area is 127 Å². The molecule has 1 aliphatic carbocycles. The van der Waals surface area contributed by atoms with Crippen LogP contribution in [-0.2, 0) is 0 Å². The lowest BCUT2D eigenvalue weighted by Gasteiger charge is -2.23. The molecule has 1 aromatic rings. The number of hydrogen-bond donors (Lipinski definition) is 1. The SMILES string of the molecule is COc1ccc(C(=O)CC2(N)CCCC2)c(OC)c1Br. The lowest BCUT2D eigenvalue weighted by molar-refractivity contribution is 0.0949. The number of carbonyl (C=O) groups is 1. The topological polar surface area (TPSA) is 61.5 Å². The summed E-state index contributed by atoms with van der Waals surface area (Å²) >= 11 is 3.41. The van der Waals surface area contributed by atoms with Gasteiger partial charge in [0.2, 0.25) is 0 Å². The molecule has 0 saturated heterocycles. The third-order valence-corrected chi connectivity index (χ3v) is 4.65. The van der Waals surface area contributed by atoms with E-state index in [0.717, 1.165) is 25.7 Å². The molecule has 0 atom stereocenters. The fourth-order valence-corrected chi connectivity index (χ4v) is 3.46. The van der Waals surface area contributed by atoms with E-state index in [-0.39, 0.29) is 11.3 Å².